The number of benzene rings is 2. The molecule has 0 aliphatic heterocycles. The molecule has 0 saturated heterocycles. The van der Waals surface area contributed by atoms with Gasteiger partial charge in [-0.15, -0.1) is 0 Å². The van der Waals surface area contributed by atoms with Gasteiger partial charge >= 0.3 is 0 Å². The molecule has 3 aromatic rings. The molecule has 0 aliphatic carbocycles. The number of ether oxygens (including phenoxy) is 1. The lowest BCUT2D eigenvalue weighted by Gasteiger charge is -2.23. The van der Waals surface area contributed by atoms with Crippen LogP contribution in [0.15, 0.2) is 53.3 Å². The summed E-state index contributed by atoms with van der Waals surface area (Å²) in [5, 5.41) is 0.371. The number of nitrogens with zero attached hydrogens (tertiary/aromatic N) is 1. The SMILES string of the molecule is COCCN(Cc1cc(=O)c2cccc(F)c2[nH]1)Cc1ccccc1C. The van der Waals surface area contributed by atoms with E-state index >= 15 is 0 Å². The number of H-pyrrole nitrogens is 1. The first-order valence-electron chi connectivity index (χ1n) is 8.64. The molecule has 2 aromatic carbocycles. The van der Waals surface area contributed by atoms with E-state index in [9.17, 15) is 9.18 Å². The number of aromatic nitrogens is 1. The number of hydrogen-bond acceptors (Lipinski definition) is 3. The van der Waals surface area contributed by atoms with E-state index in [1.54, 1.807) is 25.3 Å². The van der Waals surface area contributed by atoms with Crippen LogP contribution in [0.4, 0.5) is 4.39 Å². The Labute approximate surface area is 152 Å². The Kier molecular flexibility index (Phi) is 5.81. The van der Waals surface area contributed by atoms with Crippen molar-refractivity contribution in [3.05, 3.63) is 81.4 Å². The third-order valence-corrected chi connectivity index (χ3v) is 4.53. The number of para-hydroxylation sites is 1. The highest BCUT2D eigenvalue weighted by Crippen LogP contribution is 2.15. The van der Waals surface area contributed by atoms with Crippen LogP contribution < -0.4 is 5.43 Å². The first-order valence-corrected chi connectivity index (χ1v) is 8.64. The Bertz CT molecular complexity index is 952. The van der Waals surface area contributed by atoms with Gasteiger partial charge in [-0.25, -0.2) is 4.39 Å². The van der Waals surface area contributed by atoms with Gasteiger partial charge in [0.25, 0.3) is 0 Å². The van der Waals surface area contributed by atoms with Crippen molar-refractivity contribution in [2.45, 2.75) is 20.0 Å². The smallest absolute Gasteiger partial charge is 0.189 e. The molecule has 0 unspecified atom stereocenters. The maximum atomic E-state index is 14.1. The third kappa shape index (κ3) is 4.18. The summed E-state index contributed by atoms with van der Waals surface area (Å²) in [4.78, 5) is 17.6. The van der Waals surface area contributed by atoms with Crippen molar-refractivity contribution in [1.82, 2.24) is 9.88 Å². The molecule has 0 atom stereocenters. The Morgan fingerprint density at radius 2 is 1.92 bits per heavy atom. The lowest BCUT2D eigenvalue weighted by Crippen LogP contribution is -2.28. The van der Waals surface area contributed by atoms with Crippen LogP contribution >= 0.6 is 0 Å². The lowest BCUT2D eigenvalue weighted by atomic mass is 10.1. The van der Waals surface area contributed by atoms with E-state index in [0.717, 1.165) is 6.54 Å². The van der Waals surface area contributed by atoms with Crippen molar-refractivity contribution in [1.29, 1.82) is 0 Å². The first kappa shape index (κ1) is 18.3. The summed E-state index contributed by atoms with van der Waals surface area (Å²) in [5.74, 6) is -0.413. The summed E-state index contributed by atoms with van der Waals surface area (Å²) in [5.41, 5.74) is 3.22. The standard InChI is InChI=1S/C21H23FN2O2/c1-15-6-3-4-7-16(15)13-24(10-11-26-2)14-17-12-20(25)18-8-5-9-19(22)21(18)23-17/h3-9,12H,10-11,13-14H2,1-2H3,(H,23,25). The van der Waals surface area contributed by atoms with Gasteiger partial charge in [-0.1, -0.05) is 30.3 Å². The zero-order valence-electron chi connectivity index (χ0n) is 15.1. The molecule has 5 heteroatoms. The van der Waals surface area contributed by atoms with Gasteiger partial charge in [0.1, 0.15) is 5.82 Å². The highest BCUT2D eigenvalue weighted by atomic mass is 19.1. The Balaban J connectivity index is 1.89. The summed E-state index contributed by atoms with van der Waals surface area (Å²) < 4.78 is 19.3. The van der Waals surface area contributed by atoms with E-state index < -0.39 is 5.82 Å². The van der Waals surface area contributed by atoms with Crippen LogP contribution in [-0.2, 0) is 17.8 Å². The van der Waals surface area contributed by atoms with Crippen LogP contribution in [0.2, 0.25) is 0 Å². The van der Waals surface area contributed by atoms with Crippen LogP contribution in [0.25, 0.3) is 10.9 Å². The number of aryl methyl sites for hydroxylation is 1. The van der Waals surface area contributed by atoms with Gasteiger partial charge in [0, 0.05) is 43.9 Å². The molecule has 0 amide bonds. The minimum Gasteiger partial charge on any atom is -0.383 e. The Morgan fingerprint density at radius 1 is 1.12 bits per heavy atom. The van der Waals surface area contributed by atoms with E-state index in [1.165, 1.54) is 17.2 Å². The van der Waals surface area contributed by atoms with E-state index in [1.807, 2.05) is 12.1 Å². The number of aromatic amines is 1. The number of pyridine rings is 1. The number of halogens is 1. The number of nitrogens with one attached hydrogen (secondary N) is 1. The topological polar surface area (TPSA) is 45.3 Å². The summed E-state index contributed by atoms with van der Waals surface area (Å²) in [6.07, 6.45) is 0. The number of methoxy groups -OCH3 is 1. The average molecular weight is 354 g/mol. The molecule has 0 radical (unpaired) electrons. The molecule has 0 bridgehead atoms. The van der Waals surface area contributed by atoms with Gasteiger partial charge in [0.15, 0.2) is 5.43 Å². The number of fused-ring (bicyclic) bond motifs is 1. The maximum absolute atomic E-state index is 14.1. The largest absolute Gasteiger partial charge is 0.383 e. The summed E-state index contributed by atoms with van der Waals surface area (Å²) >= 11 is 0. The van der Waals surface area contributed by atoms with E-state index in [2.05, 4.69) is 28.9 Å². The van der Waals surface area contributed by atoms with Crippen LogP contribution in [0.5, 0.6) is 0 Å². The molecule has 1 heterocycles. The lowest BCUT2D eigenvalue weighted by molar-refractivity contribution is 0.139. The van der Waals surface area contributed by atoms with E-state index in [4.69, 9.17) is 4.74 Å². The van der Waals surface area contributed by atoms with Crippen molar-refractivity contribution in [3.63, 3.8) is 0 Å². The van der Waals surface area contributed by atoms with Crippen molar-refractivity contribution < 1.29 is 9.13 Å². The van der Waals surface area contributed by atoms with Crippen molar-refractivity contribution in [2.75, 3.05) is 20.3 Å². The fourth-order valence-corrected chi connectivity index (χ4v) is 3.08. The molecular formula is C21H23FN2O2. The molecule has 0 saturated carbocycles. The Hall–Kier alpha value is -2.50. The summed E-state index contributed by atoms with van der Waals surface area (Å²) in [6, 6.07) is 14.3. The molecule has 0 spiro atoms. The van der Waals surface area contributed by atoms with Gasteiger partial charge in [-0.2, -0.15) is 0 Å². The maximum Gasteiger partial charge on any atom is 0.189 e. The molecule has 4 nitrogen and oxygen atoms in total. The monoisotopic (exact) mass is 354 g/mol. The molecule has 136 valence electrons. The molecule has 3 rings (SSSR count). The fraction of sp³-hybridized carbons (Fsp3) is 0.286. The quantitative estimate of drug-likeness (QED) is 0.705. The summed E-state index contributed by atoms with van der Waals surface area (Å²) in [6.45, 7) is 4.61. The number of hydrogen-bond donors (Lipinski definition) is 1. The van der Waals surface area contributed by atoms with Gasteiger partial charge in [0.2, 0.25) is 0 Å². The van der Waals surface area contributed by atoms with Gasteiger partial charge in [-0.3, -0.25) is 9.69 Å². The van der Waals surface area contributed by atoms with Crippen LogP contribution in [0.3, 0.4) is 0 Å². The first-order chi connectivity index (χ1) is 12.6. The van der Waals surface area contributed by atoms with Crippen LogP contribution in [0, 0.1) is 12.7 Å². The minimum atomic E-state index is -0.413. The number of rotatable bonds is 7. The molecular weight excluding hydrogens is 331 g/mol. The second kappa shape index (κ2) is 8.25. The zero-order chi connectivity index (χ0) is 18.5. The van der Waals surface area contributed by atoms with E-state index in [-0.39, 0.29) is 10.9 Å². The highest BCUT2D eigenvalue weighted by molar-refractivity contribution is 5.78. The molecule has 0 aliphatic rings. The molecule has 26 heavy (non-hydrogen) atoms. The van der Waals surface area contributed by atoms with Gasteiger partial charge < -0.3 is 9.72 Å². The molecule has 0 fully saturated rings. The highest BCUT2D eigenvalue weighted by Gasteiger charge is 2.12. The second-order valence-electron chi connectivity index (χ2n) is 6.45. The summed E-state index contributed by atoms with van der Waals surface area (Å²) in [7, 11) is 1.67. The zero-order valence-corrected chi connectivity index (χ0v) is 15.1. The van der Waals surface area contributed by atoms with E-state index in [0.29, 0.717) is 30.8 Å². The fourth-order valence-electron chi connectivity index (χ4n) is 3.08. The van der Waals surface area contributed by atoms with Crippen molar-refractivity contribution in [3.8, 4) is 0 Å². The minimum absolute atomic E-state index is 0.171. The van der Waals surface area contributed by atoms with Gasteiger partial charge in [0.05, 0.1) is 12.1 Å². The predicted molar refractivity (Wildman–Crippen MR) is 102 cm³/mol. The molecule has 1 aromatic heterocycles. The third-order valence-electron chi connectivity index (χ3n) is 4.53. The predicted octanol–water partition coefficient (Wildman–Crippen LogP) is 3.62. The van der Waals surface area contributed by atoms with Crippen molar-refractivity contribution >= 4 is 10.9 Å². The van der Waals surface area contributed by atoms with Crippen LogP contribution in [0.1, 0.15) is 16.8 Å². The molecule has 1 N–H and O–H groups in total. The average Bonchev–Trinajstić information content (AvgIpc) is 2.62. The second-order valence-corrected chi connectivity index (χ2v) is 6.45. The van der Waals surface area contributed by atoms with Crippen LogP contribution in [-0.4, -0.2) is 30.1 Å². The van der Waals surface area contributed by atoms with Crippen molar-refractivity contribution in [2.24, 2.45) is 0 Å². The Morgan fingerprint density at radius 3 is 2.69 bits per heavy atom. The van der Waals surface area contributed by atoms with Gasteiger partial charge in [-0.05, 0) is 30.2 Å². The normalized spacial score (nSPS) is 11.4.